The lowest BCUT2D eigenvalue weighted by Gasteiger charge is -2.61. The standard InChI is InChI=1S/C25H28N2O5/c1-5-15-12-26-19-10-17(15)25(23(30)31-4)20(26)11-24(22(25)32-14(3)29)16-8-6-7-9-18(16)27(13(2)28)21(19)24/h5-9,17,19-22H,10-12H2,1-4H3/b15-5-/t17-,19-,20-,21+,22-,24+,25+/m0/s1. The van der Waals surface area contributed by atoms with Crippen molar-refractivity contribution in [2.45, 2.75) is 63.3 Å². The van der Waals surface area contributed by atoms with Crippen molar-refractivity contribution < 1.29 is 23.9 Å². The molecular formula is C25H28N2O5. The summed E-state index contributed by atoms with van der Waals surface area (Å²) in [5.41, 5.74) is 1.47. The maximum absolute atomic E-state index is 13.7. The molecular weight excluding hydrogens is 408 g/mol. The number of esters is 2. The van der Waals surface area contributed by atoms with Gasteiger partial charge in [0.1, 0.15) is 11.5 Å². The van der Waals surface area contributed by atoms with E-state index >= 15 is 0 Å². The molecule has 1 aromatic rings. The van der Waals surface area contributed by atoms with Crippen LogP contribution in [0.5, 0.6) is 0 Å². The Balaban J connectivity index is 1.70. The summed E-state index contributed by atoms with van der Waals surface area (Å²) < 4.78 is 11.6. The molecule has 7 rings (SSSR count). The summed E-state index contributed by atoms with van der Waals surface area (Å²) in [5.74, 6) is -0.813. The Labute approximate surface area is 187 Å². The van der Waals surface area contributed by atoms with E-state index < -0.39 is 22.9 Å². The molecule has 7 heteroatoms. The van der Waals surface area contributed by atoms with Crippen LogP contribution in [-0.2, 0) is 29.3 Å². The molecule has 5 heterocycles. The molecule has 1 aliphatic carbocycles. The van der Waals surface area contributed by atoms with E-state index in [9.17, 15) is 14.4 Å². The summed E-state index contributed by atoms with van der Waals surface area (Å²) in [6.07, 6.45) is 2.81. The normalized spacial score (nSPS) is 43.2. The van der Waals surface area contributed by atoms with Crippen LogP contribution in [0.3, 0.4) is 0 Å². The van der Waals surface area contributed by atoms with Gasteiger partial charge in [-0.1, -0.05) is 29.8 Å². The maximum atomic E-state index is 13.7. The average Bonchev–Trinajstić information content (AvgIpc) is 3.21. The second-order valence-electron chi connectivity index (χ2n) is 9.92. The molecule has 8 atom stereocenters. The number of ether oxygens (including phenoxy) is 2. The molecule has 1 spiro atoms. The summed E-state index contributed by atoms with van der Waals surface area (Å²) >= 11 is 0. The van der Waals surface area contributed by atoms with Crippen LogP contribution in [0.25, 0.3) is 0 Å². The molecule has 5 fully saturated rings. The minimum absolute atomic E-state index is 0.0230. The topological polar surface area (TPSA) is 76.2 Å². The number of methoxy groups -OCH3 is 1. The van der Waals surface area contributed by atoms with Gasteiger partial charge in [0.2, 0.25) is 5.91 Å². The minimum Gasteiger partial charge on any atom is -0.468 e. The van der Waals surface area contributed by atoms with E-state index in [4.69, 9.17) is 9.47 Å². The van der Waals surface area contributed by atoms with Gasteiger partial charge in [-0.3, -0.25) is 19.3 Å². The second-order valence-corrected chi connectivity index (χ2v) is 9.92. The smallest absolute Gasteiger partial charge is 0.317 e. The van der Waals surface area contributed by atoms with E-state index in [1.807, 2.05) is 36.1 Å². The fraction of sp³-hybridized carbons (Fsp3) is 0.560. The molecule has 6 aliphatic rings. The van der Waals surface area contributed by atoms with Gasteiger partial charge in [-0.05, 0) is 31.4 Å². The fourth-order valence-corrected chi connectivity index (χ4v) is 8.37. The lowest BCUT2D eigenvalue weighted by Crippen LogP contribution is -2.72. The third-order valence-electron chi connectivity index (χ3n) is 9.05. The Bertz CT molecular complexity index is 1100. The Hall–Kier alpha value is -2.67. The van der Waals surface area contributed by atoms with Crippen molar-refractivity contribution in [2.24, 2.45) is 11.3 Å². The minimum atomic E-state index is -0.980. The first-order valence-corrected chi connectivity index (χ1v) is 11.4. The van der Waals surface area contributed by atoms with Crippen molar-refractivity contribution in [3.05, 3.63) is 41.5 Å². The van der Waals surface area contributed by atoms with Crippen molar-refractivity contribution >= 4 is 23.5 Å². The number of amides is 1. The molecule has 1 amide bonds. The molecule has 1 unspecified atom stereocenters. The molecule has 168 valence electrons. The van der Waals surface area contributed by atoms with Gasteiger partial charge in [0.15, 0.2) is 0 Å². The lowest BCUT2D eigenvalue weighted by atomic mass is 9.58. The molecule has 0 radical (unpaired) electrons. The number of rotatable bonds is 2. The molecule has 5 bridgehead atoms. The number of benzene rings is 1. The quantitative estimate of drug-likeness (QED) is 0.523. The van der Waals surface area contributed by atoms with Crippen LogP contribution in [0.15, 0.2) is 35.9 Å². The SMILES string of the molecule is C/C=C1/CN2[C@H]3C[C@@]45c6ccccc6N(C(C)=O)[C@@H]4[C@@H]2C[C@@H]1[C@]3(C(=O)OC)[C@H]5OC(C)=O. The van der Waals surface area contributed by atoms with E-state index in [1.165, 1.54) is 19.6 Å². The number of carbonyl (C=O) groups excluding carboxylic acids is 3. The Morgan fingerprint density at radius 3 is 2.59 bits per heavy atom. The van der Waals surface area contributed by atoms with Crippen LogP contribution < -0.4 is 4.90 Å². The maximum Gasteiger partial charge on any atom is 0.317 e. The van der Waals surface area contributed by atoms with Crippen LogP contribution in [-0.4, -0.2) is 60.6 Å². The predicted octanol–water partition coefficient (Wildman–Crippen LogP) is 2.19. The van der Waals surface area contributed by atoms with Gasteiger partial charge in [-0.2, -0.15) is 0 Å². The highest BCUT2D eigenvalue weighted by Gasteiger charge is 2.84. The first-order valence-electron chi connectivity index (χ1n) is 11.4. The fourth-order valence-electron chi connectivity index (χ4n) is 8.37. The van der Waals surface area contributed by atoms with E-state index in [-0.39, 0.29) is 35.9 Å². The first-order chi connectivity index (χ1) is 15.3. The third kappa shape index (κ3) is 1.92. The number of hydrogen-bond donors (Lipinski definition) is 0. The Morgan fingerprint density at radius 2 is 1.94 bits per heavy atom. The first kappa shape index (κ1) is 20.0. The number of piperidine rings is 4. The molecule has 0 aromatic heterocycles. The number of carbonyl (C=O) groups is 3. The zero-order valence-electron chi connectivity index (χ0n) is 18.8. The molecule has 0 N–H and O–H groups in total. The van der Waals surface area contributed by atoms with Crippen LogP contribution in [0.4, 0.5) is 5.69 Å². The van der Waals surface area contributed by atoms with Crippen molar-refractivity contribution in [1.82, 2.24) is 4.90 Å². The molecule has 1 saturated carbocycles. The zero-order chi connectivity index (χ0) is 22.6. The number of para-hydroxylation sites is 1. The van der Waals surface area contributed by atoms with Crippen molar-refractivity contribution in [2.75, 3.05) is 18.6 Å². The van der Waals surface area contributed by atoms with Crippen molar-refractivity contribution in [1.29, 1.82) is 0 Å². The average molecular weight is 437 g/mol. The predicted molar refractivity (Wildman–Crippen MR) is 116 cm³/mol. The highest BCUT2D eigenvalue weighted by Crippen LogP contribution is 2.73. The molecule has 7 nitrogen and oxygen atoms in total. The molecule has 1 aromatic carbocycles. The number of anilines is 1. The highest BCUT2D eigenvalue weighted by atomic mass is 16.6. The largest absolute Gasteiger partial charge is 0.468 e. The molecule has 32 heavy (non-hydrogen) atoms. The summed E-state index contributed by atoms with van der Waals surface area (Å²) in [6, 6.07) is 7.75. The number of nitrogens with zero attached hydrogens (tertiary/aromatic N) is 2. The van der Waals surface area contributed by atoms with Gasteiger partial charge in [-0.25, -0.2) is 0 Å². The summed E-state index contributed by atoms with van der Waals surface area (Å²) in [6.45, 7) is 5.79. The summed E-state index contributed by atoms with van der Waals surface area (Å²) in [7, 11) is 1.42. The van der Waals surface area contributed by atoms with Gasteiger partial charge >= 0.3 is 11.9 Å². The molecule has 5 aliphatic heterocycles. The van der Waals surface area contributed by atoms with E-state index in [2.05, 4.69) is 11.0 Å². The van der Waals surface area contributed by atoms with Crippen LogP contribution in [0.2, 0.25) is 0 Å². The monoisotopic (exact) mass is 436 g/mol. The second kappa shape index (κ2) is 6.22. The third-order valence-corrected chi connectivity index (χ3v) is 9.05. The van der Waals surface area contributed by atoms with Crippen molar-refractivity contribution in [3.63, 3.8) is 0 Å². The van der Waals surface area contributed by atoms with Gasteiger partial charge < -0.3 is 14.4 Å². The summed E-state index contributed by atoms with van der Waals surface area (Å²) in [4.78, 5) is 43.6. The highest BCUT2D eigenvalue weighted by molar-refractivity contribution is 5.97. The van der Waals surface area contributed by atoms with E-state index in [1.54, 1.807) is 6.92 Å². The van der Waals surface area contributed by atoms with Gasteiger partial charge in [0.05, 0.1) is 18.6 Å². The van der Waals surface area contributed by atoms with E-state index in [0.717, 1.165) is 24.2 Å². The van der Waals surface area contributed by atoms with Gasteiger partial charge in [0, 0.05) is 44.1 Å². The Kier molecular flexibility index (Phi) is 3.88. The van der Waals surface area contributed by atoms with Crippen LogP contribution in [0, 0.1) is 11.3 Å². The molecule has 4 saturated heterocycles. The van der Waals surface area contributed by atoms with Crippen LogP contribution in [0.1, 0.15) is 39.2 Å². The Morgan fingerprint density at radius 1 is 1.19 bits per heavy atom. The zero-order valence-corrected chi connectivity index (χ0v) is 18.8. The van der Waals surface area contributed by atoms with E-state index in [0.29, 0.717) is 6.42 Å². The van der Waals surface area contributed by atoms with Gasteiger partial charge in [-0.15, -0.1) is 0 Å². The summed E-state index contributed by atoms with van der Waals surface area (Å²) in [5, 5.41) is 0. The lowest BCUT2D eigenvalue weighted by molar-refractivity contribution is -0.187. The number of fused-ring (bicyclic) bond motifs is 2. The number of hydrogen-bond acceptors (Lipinski definition) is 6. The van der Waals surface area contributed by atoms with Crippen LogP contribution >= 0.6 is 0 Å². The van der Waals surface area contributed by atoms with Crippen molar-refractivity contribution in [3.8, 4) is 0 Å². The van der Waals surface area contributed by atoms with Gasteiger partial charge in [0.25, 0.3) is 0 Å². The number of allylic oxidation sites excluding steroid dienone is 1.